The van der Waals surface area contributed by atoms with Gasteiger partial charge in [0.05, 0.1) is 29.4 Å². The number of aliphatic hydroxyl groups is 1. The largest absolute Gasteiger partial charge is 0.389 e. The first kappa shape index (κ1) is 22.8. The normalized spacial score (nSPS) is 27.2. The second-order valence-corrected chi connectivity index (χ2v) is 10.2. The molecule has 0 bridgehead atoms. The maximum absolute atomic E-state index is 15.9. The van der Waals surface area contributed by atoms with Crippen LogP contribution in [0.4, 0.5) is 13.2 Å². The van der Waals surface area contributed by atoms with Crippen LogP contribution in [0.25, 0.3) is 11.1 Å². The van der Waals surface area contributed by atoms with Gasteiger partial charge in [0.1, 0.15) is 17.3 Å². The molecule has 2 fully saturated rings. The second-order valence-electron chi connectivity index (χ2n) is 8.14. The lowest BCUT2D eigenvalue weighted by Gasteiger charge is -2.45. The molecule has 1 saturated heterocycles. The molecular weight excluding hydrogens is 445 g/mol. The predicted octanol–water partition coefficient (Wildman–Crippen LogP) is 2.33. The lowest BCUT2D eigenvalue weighted by atomic mass is 9.93. The molecule has 0 unspecified atom stereocenters. The van der Waals surface area contributed by atoms with E-state index in [0.29, 0.717) is 0 Å². The van der Waals surface area contributed by atoms with Crippen molar-refractivity contribution in [3.05, 3.63) is 59.7 Å². The van der Waals surface area contributed by atoms with Crippen LogP contribution in [-0.4, -0.2) is 55.3 Å². The summed E-state index contributed by atoms with van der Waals surface area (Å²) >= 11 is 0. The Morgan fingerprint density at radius 2 is 1.84 bits per heavy atom. The van der Waals surface area contributed by atoms with E-state index in [4.69, 9.17) is 0 Å². The Morgan fingerprint density at radius 3 is 2.47 bits per heavy atom. The molecule has 172 valence electrons. The Morgan fingerprint density at radius 1 is 1.19 bits per heavy atom. The van der Waals surface area contributed by atoms with E-state index in [9.17, 15) is 27.1 Å². The summed E-state index contributed by atoms with van der Waals surface area (Å²) in [7, 11) is -3.52. The SMILES string of the molecule is CCS(=O)(=O)NC[C@@H]1[C@@H](O)CN1C(=O)[C@@H]1C[C@@]1(F)c1ccccc1-c1c(F)cccc1F. The fraction of sp³-hybridized carbons (Fsp3) is 0.409. The zero-order chi connectivity index (χ0) is 23.3. The average molecular weight is 468 g/mol. The summed E-state index contributed by atoms with van der Waals surface area (Å²) in [5.74, 6) is -3.47. The Bertz CT molecular complexity index is 1140. The summed E-state index contributed by atoms with van der Waals surface area (Å²) in [6, 6.07) is 8.47. The number of aliphatic hydroxyl groups excluding tert-OH is 1. The van der Waals surface area contributed by atoms with Crippen LogP contribution in [0.15, 0.2) is 42.5 Å². The van der Waals surface area contributed by atoms with E-state index < -0.39 is 51.3 Å². The fourth-order valence-electron chi connectivity index (χ4n) is 4.18. The van der Waals surface area contributed by atoms with E-state index in [2.05, 4.69) is 4.72 Å². The highest BCUT2D eigenvalue weighted by molar-refractivity contribution is 7.89. The van der Waals surface area contributed by atoms with Gasteiger partial charge in [-0.2, -0.15) is 0 Å². The predicted molar refractivity (Wildman–Crippen MR) is 112 cm³/mol. The third-order valence-corrected chi connectivity index (χ3v) is 7.57. The maximum Gasteiger partial charge on any atom is 0.229 e. The molecule has 2 aliphatic rings. The Hall–Kier alpha value is -2.43. The van der Waals surface area contributed by atoms with Crippen molar-refractivity contribution in [1.82, 2.24) is 9.62 Å². The molecule has 2 aromatic rings. The Kier molecular flexibility index (Phi) is 5.81. The van der Waals surface area contributed by atoms with Crippen LogP contribution in [0.2, 0.25) is 0 Å². The van der Waals surface area contributed by atoms with Crippen LogP contribution in [0.3, 0.4) is 0 Å². The summed E-state index contributed by atoms with van der Waals surface area (Å²) in [4.78, 5) is 14.2. The van der Waals surface area contributed by atoms with Gasteiger partial charge in [0.15, 0.2) is 0 Å². The Balaban J connectivity index is 1.56. The molecular formula is C22H23F3N2O4S. The van der Waals surface area contributed by atoms with Crippen molar-refractivity contribution in [2.45, 2.75) is 31.2 Å². The first-order chi connectivity index (χ1) is 15.1. The third kappa shape index (κ3) is 3.91. The molecule has 32 heavy (non-hydrogen) atoms. The number of nitrogens with one attached hydrogen (secondary N) is 1. The van der Waals surface area contributed by atoms with Gasteiger partial charge in [-0.05, 0) is 30.2 Å². The van der Waals surface area contributed by atoms with Crippen LogP contribution in [0.1, 0.15) is 18.9 Å². The number of nitrogens with zero attached hydrogens (tertiary/aromatic N) is 1. The minimum atomic E-state index is -3.52. The number of benzene rings is 2. The van der Waals surface area contributed by atoms with Crippen LogP contribution < -0.4 is 4.72 Å². The minimum Gasteiger partial charge on any atom is -0.389 e. The van der Waals surface area contributed by atoms with Gasteiger partial charge < -0.3 is 10.0 Å². The van der Waals surface area contributed by atoms with E-state index in [1.165, 1.54) is 42.2 Å². The molecule has 4 rings (SSSR count). The van der Waals surface area contributed by atoms with Gasteiger partial charge in [0, 0.05) is 19.5 Å². The molecule has 2 aromatic carbocycles. The molecule has 4 atom stereocenters. The molecule has 10 heteroatoms. The number of carbonyl (C=O) groups excluding carboxylic acids is 1. The van der Waals surface area contributed by atoms with Crippen LogP contribution >= 0.6 is 0 Å². The zero-order valence-electron chi connectivity index (χ0n) is 17.3. The highest BCUT2D eigenvalue weighted by Crippen LogP contribution is 2.59. The highest BCUT2D eigenvalue weighted by Gasteiger charge is 2.64. The van der Waals surface area contributed by atoms with Crippen molar-refractivity contribution < 1.29 is 31.5 Å². The molecule has 0 aromatic heterocycles. The van der Waals surface area contributed by atoms with Gasteiger partial charge in [0.2, 0.25) is 15.9 Å². The number of hydrogen-bond acceptors (Lipinski definition) is 4. The maximum atomic E-state index is 15.9. The number of halogens is 3. The molecule has 1 heterocycles. The van der Waals surface area contributed by atoms with Crippen molar-refractivity contribution in [2.75, 3.05) is 18.8 Å². The standard InChI is InChI=1S/C22H23F3N2O4S/c1-2-32(30,31)26-11-18-19(28)12-27(18)21(29)15-10-22(15,25)14-7-4-3-6-13(14)20-16(23)8-5-9-17(20)24/h3-9,15,18-19,26,28H,2,10-12H2,1H3/t15-,18+,19-,22+/m0/s1. The van der Waals surface area contributed by atoms with E-state index in [1.807, 2.05) is 0 Å². The number of sulfonamides is 1. The average Bonchev–Trinajstić information content (AvgIpc) is 3.44. The molecule has 2 N–H and O–H groups in total. The van der Waals surface area contributed by atoms with Crippen molar-refractivity contribution in [3.63, 3.8) is 0 Å². The highest BCUT2D eigenvalue weighted by atomic mass is 32.2. The number of likely N-dealkylation sites (tertiary alicyclic amines) is 1. The Labute approximate surface area is 184 Å². The quantitative estimate of drug-likeness (QED) is 0.653. The van der Waals surface area contributed by atoms with Gasteiger partial charge in [-0.25, -0.2) is 26.3 Å². The number of rotatable bonds is 7. The van der Waals surface area contributed by atoms with E-state index in [-0.39, 0.29) is 42.0 Å². The summed E-state index contributed by atoms with van der Waals surface area (Å²) in [5, 5.41) is 9.99. The van der Waals surface area contributed by atoms with E-state index in [0.717, 1.165) is 12.1 Å². The topological polar surface area (TPSA) is 86.7 Å². The second kappa shape index (κ2) is 8.17. The van der Waals surface area contributed by atoms with Crippen LogP contribution in [0, 0.1) is 17.6 Å². The fourth-order valence-corrected chi connectivity index (χ4v) is 4.81. The number of β-amino-alcohol motifs (C(OH)–C–C–N with tert-alkyl or cyclic N) is 1. The third-order valence-electron chi connectivity index (χ3n) is 6.20. The minimum absolute atomic E-state index is 0.0201. The van der Waals surface area contributed by atoms with Crippen molar-refractivity contribution in [2.24, 2.45) is 5.92 Å². The lowest BCUT2D eigenvalue weighted by molar-refractivity contribution is -0.152. The summed E-state index contributed by atoms with van der Waals surface area (Å²) in [6.07, 6.45) is -1.09. The molecule has 1 saturated carbocycles. The number of amides is 1. The van der Waals surface area contributed by atoms with Gasteiger partial charge in [0.25, 0.3) is 0 Å². The van der Waals surface area contributed by atoms with Crippen molar-refractivity contribution in [3.8, 4) is 11.1 Å². The van der Waals surface area contributed by atoms with Crippen LogP contribution in [-0.2, 0) is 20.5 Å². The monoisotopic (exact) mass is 468 g/mol. The van der Waals surface area contributed by atoms with Crippen molar-refractivity contribution >= 4 is 15.9 Å². The van der Waals surface area contributed by atoms with Gasteiger partial charge in [-0.15, -0.1) is 0 Å². The summed E-state index contributed by atoms with van der Waals surface area (Å²) < 4.78 is 70.2. The molecule has 6 nitrogen and oxygen atoms in total. The van der Waals surface area contributed by atoms with E-state index in [1.54, 1.807) is 0 Å². The number of alkyl halides is 1. The van der Waals surface area contributed by atoms with Crippen molar-refractivity contribution in [1.29, 1.82) is 0 Å². The molecule has 0 spiro atoms. The van der Waals surface area contributed by atoms with Gasteiger partial charge in [-0.3, -0.25) is 4.79 Å². The molecule has 0 radical (unpaired) electrons. The molecule has 1 aliphatic heterocycles. The first-order valence-electron chi connectivity index (χ1n) is 10.3. The van der Waals surface area contributed by atoms with Crippen LogP contribution in [0.5, 0.6) is 0 Å². The summed E-state index contributed by atoms with van der Waals surface area (Å²) in [5.41, 5.74) is -2.41. The van der Waals surface area contributed by atoms with Gasteiger partial charge >= 0.3 is 0 Å². The lowest BCUT2D eigenvalue weighted by Crippen LogP contribution is -2.66. The zero-order valence-corrected chi connectivity index (χ0v) is 18.1. The molecule has 1 aliphatic carbocycles. The summed E-state index contributed by atoms with van der Waals surface area (Å²) in [6.45, 7) is 1.25. The number of hydrogen-bond donors (Lipinski definition) is 2. The van der Waals surface area contributed by atoms with E-state index >= 15 is 4.39 Å². The molecule has 1 amide bonds. The smallest absolute Gasteiger partial charge is 0.229 e. The van der Waals surface area contributed by atoms with Gasteiger partial charge in [-0.1, -0.05) is 30.3 Å². The first-order valence-corrected chi connectivity index (χ1v) is 11.9. The number of carbonyl (C=O) groups is 1.